The first kappa shape index (κ1) is 15.6. The molecule has 1 atom stereocenters. The number of rotatable bonds is 5. The molecular formula is C19H21NO3. The third-order valence-electron chi connectivity index (χ3n) is 4.36. The highest BCUT2D eigenvalue weighted by molar-refractivity contribution is 5.78. The Bertz CT molecular complexity index is 653. The molecule has 0 fully saturated rings. The van der Waals surface area contributed by atoms with Gasteiger partial charge in [0.15, 0.2) is 0 Å². The van der Waals surface area contributed by atoms with Crippen molar-refractivity contribution < 1.29 is 14.6 Å². The first-order valence-electron chi connectivity index (χ1n) is 7.91. The van der Waals surface area contributed by atoms with Gasteiger partial charge in [-0.3, -0.25) is 0 Å². The van der Waals surface area contributed by atoms with Crippen molar-refractivity contribution in [1.82, 2.24) is 5.32 Å². The van der Waals surface area contributed by atoms with Gasteiger partial charge in [0.05, 0.1) is 12.7 Å². The Labute approximate surface area is 136 Å². The molecule has 3 rings (SSSR count). The predicted octanol–water partition coefficient (Wildman–Crippen LogP) is 3.30. The molecule has 1 aliphatic rings. The van der Waals surface area contributed by atoms with E-state index in [4.69, 9.17) is 4.74 Å². The van der Waals surface area contributed by atoms with E-state index in [0.29, 0.717) is 12.8 Å². The van der Waals surface area contributed by atoms with Gasteiger partial charge in [-0.15, -0.1) is 0 Å². The summed E-state index contributed by atoms with van der Waals surface area (Å²) in [6.45, 7) is 0.219. The van der Waals surface area contributed by atoms with E-state index >= 15 is 0 Å². The van der Waals surface area contributed by atoms with Crippen LogP contribution in [0.1, 0.15) is 29.9 Å². The van der Waals surface area contributed by atoms with Crippen molar-refractivity contribution in [3.8, 4) is 11.1 Å². The molecule has 0 aromatic heterocycles. The lowest BCUT2D eigenvalue weighted by Crippen LogP contribution is -2.22. The summed E-state index contributed by atoms with van der Waals surface area (Å²) in [4.78, 5) is 11.1. The van der Waals surface area contributed by atoms with Crippen LogP contribution in [0.2, 0.25) is 0 Å². The fourth-order valence-corrected chi connectivity index (χ4v) is 3.26. The van der Waals surface area contributed by atoms with Crippen molar-refractivity contribution in [3.05, 3.63) is 59.7 Å². The molecule has 0 aliphatic heterocycles. The number of aliphatic hydroxyl groups is 1. The maximum Gasteiger partial charge on any atom is 0.406 e. The molecule has 0 heterocycles. The van der Waals surface area contributed by atoms with Gasteiger partial charge in [0.2, 0.25) is 0 Å². The molecule has 2 aromatic rings. The smallest absolute Gasteiger partial charge is 0.406 e. The summed E-state index contributed by atoms with van der Waals surface area (Å²) in [6.07, 6.45) is 0.0944. The predicted molar refractivity (Wildman–Crippen MR) is 89.4 cm³/mol. The SMILES string of the molecule is CNC(=O)OCCC(O)CC1c2ccccc2-c2ccccc21. The van der Waals surface area contributed by atoms with Gasteiger partial charge in [-0.2, -0.15) is 0 Å². The van der Waals surface area contributed by atoms with Gasteiger partial charge in [-0.05, 0) is 28.7 Å². The topological polar surface area (TPSA) is 58.6 Å². The summed E-state index contributed by atoms with van der Waals surface area (Å²) in [5, 5.41) is 12.7. The highest BCUT2D eigenvalue weighted by Crippen LogP contribution is 2.46. The Hall–Kier alpha value is -2.33. The molecule has 120 valence electrons. The Morgan fingerprint density at radius 3 is 2.26 bits per heavy atom. The van der Waals surface area contributed by atoms with Crippen LogP contribution in [0.25, 0.3) is 11.1 Å². The van der Waals surface area contributed by atoms with Crippen LogP contribution in [-0.2, 0) is 4.74 Å². The number of ether oxygens (including phenoxy) is 1. The van der Waals surface area contributed by atoms with Crippen molar-refractivity contribution in [1.29, 1.82) is 0 Å². The molecule has 0 radical (unpaired) electrons. The summed E-state index contributed by atoms with van der Waals surface area (Å²) >= 11 is 0. The molecule has 0 saturated heterocycles. The minimum absolute atomic E-state index is 0.192. The maximum atomic E-state index is 11.1. The van der Waals surface area contributed by atoms with Crippen LogP contribution in [0.4, 0.5) is 4.79 Å². The normalized spacial score (nSPS) is 14.0. The third kappa shape index (κ3) is 3.22. The number of hydrogen-bond donors (Lipinski definition) is 2. The second kappa shape index (κ2) is 6.84. The highest BCUT2D eigenvalue weighted by atomic mass is 16.5. The largest absolute Gasteiger partial charge is 0.449 e. The lowest BCUT2D eigenvalue weighted by atomic mass is 9.90. The highest BCUT2D eigenvalue weighted by Gasteiger charge is 2.29. The van der Waals surface area contributed by atoms with Crippen LogP contribution in [0.15, 0.2) is 48.5 Å². The second-order valence-electron chi connectivity index (χ2n) is 5.79. The van der Waals surface area contributed by atoms with Gasteiger partial charge in [0.25, 0.3) is 0 Å². The van der Waals surface area contributed by atoms with Crippen molar-refractivity contribution in [3.63, 3.8) is 0 Å². The second-order valence-corrected chi connectivity index (χ2v) is 5.79. The monoisotopic (exact) mass is 311 g/mol. The summed E-state index contributed by atoms with van der Waals surface area (Å²) in [6, 6.07) is 16.7. The van der Waals surface area contributed by atoms with Gasteiger partial charge in [-0.25, -0.2) is 4.79 Å². The van der Waals surface area contributed by atoms with Crippen LogP contribution in [0.5, 0.6) is 0 Å². The number of alkyl carbamates (subject to hydrolysis) is 1. The summed E-state index contributed by atoms with van der Waals surface area (Å²) < 4.78 is 4.96. The quantitative estimate of drug-likeness (QED) is 0.891. The van der Waals surface area contributed by atoms with Crippen molar-refractivity contribution in [2.45, 2.75) is 24.9 Å². The number of fused-ring (bicyclic) bond motifs is 3. The summed E-state index contributed by atoms with van der Waals surface area (Å²) in [5.74, 6) is 0.192. The van der Waals surface area contributed by atoms with E-state index in [1.807, 2.05) is 24.3 Å². The third-order valence-corrected chi connectivity index (χ3v) is 4.36. The standard InChI is InChI=1S/C19H21NO3/c1-20-19(22)23-11-10-13(21)12-18-16-8-4-2-6-14(16)15-7-3-5-9-17(15)18/h2-9,13,18,21H,10-12H2,1H3,(H,20,22). The van der Waals surface area contributed by atoms with E-state index in [0.717, 1.165) is 0 Å². The molecule has 0 saturated carbocycles. The van der Waals surface area contributed by atoms with Crippen molar-refractivity contribution >= 4 is 6.09 Å². The van der Waals surface area contributed by atoms with E-state index in [9.17, 15) is 9.90 Å². The molecule has 1 amide bonds. The number of benzene rings is 2. The first-order valence-corrected chi connectivity index (χ1v) is 7.91. The summed E-state index contributed by atoms with van der Waals surface area (Å²) in [5.41, 5.74) is 5.03. The molecule has 4 heteroatoms. The zero-order chi connectivity index (χ0) is 16.2. The first-order chi connectivity index (χ1) is 11.2. The number of hydrogen-bond acceptors (Lipinski definition) is 3. The van der Waals surface area contributed by atoms with Crippen LogP contribution in [0, 0.1) is 0 Å². The Morgan fingerprint density at radius 1 is 1.13 bits per heavy atom. The lowest BCUT2D eigenvalue weighted by molar-refractivity contribution is 0.0999. The van der Waals surface area contributed by atoms with E-state index < -0.39 is 12.2 Å². The number of aliphatic hydroxyl groups excluding tert-OH is 1. The fourth-order valence-electron chi connectivity index (χ4n) is 3.26. The number of carbonyl (C=O) groups excluding carboxylic acids is 1. The zero-order valence-corrected chi connectivity index (χ0v) is 13.2. The van der Waals surface area contributed by atoms with Gasteiger partial charge < -0.3 is 15.2 Å². The molecule has 2 aromatic carbocycles. The Kier molecular flexibility index (Phi) is 4.63. The molecule has 1 unspecified atom stereocenters. The Balaban J connectivity index is 1.71. The van der Waals surface area contributed by atoms with E-state index in [-0.39, 0.29) is 12.5 Å². The van der Waals surface area contributed by atoms with Crippen molar-refractivity contribution in [2.75, 3.05) is 13.7 Å². The van der Waals surface area contributed by atoms with E-state index in [1.165, 1.54) is 29.3 Å². The van der Waals surface area contributed by atoms with Crippen LogP contribution in [0.3, 0.4) is 0 Å². The molecular weight excluding hydrogens is 290 g/mol. The zero-order valence-electron chi connectivity index (χ0n) is 13.2. The molecule has 0 bridgehead atoms. The lowest BCUT2D eigenvalue weighted by Gasteiger charge is -2.18. The minimum Gasteiger partial charge on any atom is -0.449 e. The molecule has 23 heavy (non-hydrogen) atoms. The van der Waals surface area contributed by atoms with Crippen LogP contribution >= 0.6 is 0 Å². The molecule has 1 aliphatic carbocycles. The molecule has 2 N–H and O–H groups in total. The number of carbonyl (C=O) groups is 1. The van der Waals surface area contributed by atoms with Gasteiger partial charge >= 0.3 is 6.09 Å². The summed E-state index contributed by atoms with van der Waals surface area (Å²) in [7, 11) is 1.52. The minimum atomic E-state index is -0.510. The van der Waals surface area contributed by atoms with Gasteiger partial charge in [0, 0.05) is 19.4 Å². The average Bonchev–Trinajstić information content (AvgIpc) is 2.89. The molecule has 4 nitrogen and oxygen atoms in total. The Morgan fingerprint density at radius 2 is 1.70 bits per heavy atom. The molecule has 0 spiro atoms. The van der Waals surface area contributed by atoms with Crippen LogP contribution in [-0.4, -0.2) is 31.0 Å². The van der Waals surface area contributed by atoms with Crippen LogP contribution < -0.4 is 5.32 Å². The van der Waals surface area contributed by atoms with Crippen molar-refractivity contribution in [2.24, 2.45) is 0 Å². The van der Waals surface area contributed by atoms with Gasteiger partial charge in [-0.1, -0.05) is 48.5 Å². The van der Waals surface area contributed by atoms with E-state index in [2.05, 4.69) is 29.6 Å². The number of amides is 1. The number of nitrogens with one attached hydrogen (secondary N) is 1. The maximum absolute atomic E-state index is 11.1. The van der Waals surface area contributed by atoms with E-state index in [1.54, 1.807) is 0 Å². The average molecular weight is 311 g/mol. The van der Waals surface area contributed by atoms with Gasteiger partial charge in [0.1, 0.15) is 0 Å². The fraction of sp³-hybridized carbons (Fsp3) is 0.316.